The molecule has 8 heteroatoms. The third-order valence-corrected chi connectivity index (χ3v) is 5.76. The van der Waals surface area contributed by atoms with Crippen molar-refractivity contribution >= 4 is 34.2 Å². The molecule has 6 nitrogen and oxygen atoms in total. The van der Waals surface area contributed by atoms with Crippen molar-refractivity contribution in [3.05, 3.63) is 58.1 Å². The number of nitrogens with one attached hydrogen (secondary N) is 1. The summed E-state index contributed by atoms with van der Waals surface area (Å²) < 4.78 is 9.49. The molecule has 162 valence electrons. The molecule has 0 fully saturated rings. The molecular formula is C22H28Cl2N4O2. The van der Waals surface area contributed by atoms with Gasteiger partial charge in [0, 0.05) is 18.1 Å². The number of hydrogen-bond donors (Lipinski definition) is 2. The highest BCUT2D eigenvalue weighted by Gasteiger charge is 2.15. The van der Waals surface area contributed by atoms with Crippen LogP contribution in [0.5, 0.6) is 5.75 Å². The van der Waals surface area contributed by atoms with Crippen molar-refractivity contribution in [1.82, 2.24) is 14.0 Å². The number of aromatic nitrogens is 2. The second-order valence-electron chi connectivity index (χ2n) is 7.14. The van der Waals surface area contributed by atoms with Crippen LogP contribution in [0.2, 0.25) is 10.0 Å². The van der Waals surface area contributed by atoms with Gasteiger partial charge in [-0.2, -0.15) is 0 Å². The van der Waals surface area contributed by atoms with Gasteiger partial charge in [-0.25, -0.2) is 0 Å². The Kier molecular flexibility index (Phi) is 7.83. The quantitative estimate of drug-likeness (QED) is 0.490. The third kappa shape index (κ3) is 5.19. The van der Waals surface area contributed by atoms with Crippen molar-refractivity contribution in [3.8, 4) is 5.75 Å². The molecule has 0 aliphatic rings. The van der Waals surface area contributed by atoms with E-state index in [-0.39, 0.29) is 13.2 Å². The normalized spacial score (nSPS) is 12.6. The number of para-hydroxylation sites is 2. The van der Waals surface area contributed by atoms with Crippen molar-refractivity contribution in [2.24, 2.45) is 0 Å². The zero-order chi connectivity index (χ0) is 21.7. The average Bonchev–Trinajstić information content (AvgIpc) is 2.99. The Balaban J connectivity index is 1.76. The van der Waals surface area contributed by atoms with Gasteiger partial charge in [0.25, 0.3) is 0 Å². The Morgan fingerprint density at radius 2 is 1.73 bits per heavy atom. The number of ether oxygens (including phenoxy) is 1. The van der Waals surface area contributed by atoms with Crippen LogP contribution in [0.25, 0.3) is 11.0 Å². The molecule has 1 aromatic heterocycles. The standard InChI is InChI=1S/C22H28Cl2N4O2/c1-3-26(4-2)11-12-27-19-7-5-6-8-20(19)28(22(27)25)14-17(29)15-30-21-10-9-16(23)13-18(21)24/h5-10,13,17,25,29H,3-4,11-12,14-15H2,1-2H3/t17-/m0/s1. The van der Waals surface area contributed by atoms with Crippen LogP contribution in [0.3, 0.4) is 0 Å². The average molecular weight is 451 g/mol. The number of hydrogen-bond acceptors (Lipinski definition) is 4. The number of imidazole rings is 1. The van der Waals surface area contributed by atoms with Crippen LogP contribution in [-0.4, -0.2) is 51.5 Å². The summed E-state index contributed by atoms with van der Waals surface area (Å²) in [5, 5.41) is 20.2. The largest absolute Gasteiger partial charge is 0.489 e. The number of nitrogens with zero attached hydrogens (tertiary/aromatic N) is 3. The molecule has 0 unspecified atom stereocenters. The van der Waals surface area contributed by atoms with Crippen LogP contribution in [0, 0.1) is 5.41 Å². The monoisotopic (exact) mass is 450 g/mol. The van der Waals surface area contributed by atoms with Crippen LogP contribution < -0.4 is 10.4 Å². The van der Waals surface area contributed by atoms with Crippen LogP contribution in [0.4, 0.5) is 0 Å². The smallest absolute Gasteiger partial charge is 0.203 e. The molecule has 2 N–H and O–H groups in total. The maximum absolute atomic E-state index is 10.6. The molecule has 0 saturated carbocycles. The number of rotatable bonds is 10. The predicted molar refractivity (Wildman–Crippen MR) is 122 cm³/mol. The number of aliphatic hydroxyl groups excluding tert-OH is 1. The highest BCUT2D eigenvalue weighted by molar-refractivity contribution is 6.35. The number of aliphatic hydroxyl groups is 1. The second kappa shape index (κ2) is 10.4. The highest BCUT2D eigenvalue weighted by atomic mass is 35.5. The van der Waals surface area contributed by atoms with Gasteiger partial charge in [0.05, 0.1) is 22.6 Å². The van der Waals surface area contributed by atoms with Gasteiger partial charge in [-0.1, -0.05) is 49.2 Å². The van der Waals surface area contributed by atoms with Gasteiger partial charge in [-0.3, -0.25) is 5.41 Å². The fourth-order valence-electron chi connectivity index (χ4n) is 3.53. The zero-order valence-electron chi connectivity index (χ0n) is 17.3. The first kappa shape index (κ1) is 22.7. The summed E-state index contributed by atoms with van der Waals surface area (Å²) >= 11 is 12.0. The van der Waals surface area contributed by atoms with Crippen molar-refractivity contribution in [2.45, 2.75) is 33.0 Å². The molecule has 0 spiro atoms. The minimum atomic E-state index is -0.798. The second-order valence-corrected chi connectivity index (χ2v) is 7.98. The highest BCUT2D eigenvalue weighted by Crippen LogP contribution is 2.27. The van der Waals surface area contributed by atoms with E-state index in [2.05, 4.69) is 18.7 Å². The minimum absolute atomic E-state index is 0.0622. The van der Waals surface area contributed by atoms with Crippen molar-refractivity contribution in [1.29, 1.82) is 5.41 Å². The molecule has 0 aliphatic heterocycles. The maximum atomic E-state index is 10.6. The molecule has 0 aliphatic carbocycles. The predicted octanol–water partition coefficient (Wildman–Crippen LogP) is 4.01. The van der Waals surface area contributed by atoms with Gasteiger partial charge in [-0.15, -0.1) is 0 Å². The van der Waals surface area contributed by atoms with E-state index in [4.69, 9.17) is 33.3 Å². The first-order valence-electron chi connectivity index (χ1n) is 10.2. The number of benzene rings is 2. The van der Waals surface area contributed by atoms with Crippen molar-refractivity contribution < 1.29 is 9.84 Å². The topological polar surface area (TPSA) is 66.4 Å². The summed E-state index contributed by atoms with van der Waals surface area (Å²) in [6.07, 6.45) is -0.798. The molecule has 0 bridgehead atoms. The maximum Gasteiger partial charge on any atom is 0.203 e. The van der Waals surface area contributed by atoms with E-state index >= 15 is 0 Å². The van der Waals surface area contributed by atoms with E-state index in [0.29, 0.717) is 21.4 Å². The van der Waals surface area contributed by atoms with Crippen LogP contribution in [0.1, 0.15) is 13.8 Å². The Morgan fingerprint density at radius 3 is 2.37 bits per heavy atom. The van der Waals surface area contributed by atoms with Crippen molar-refractivity contribution in [3.63, 3.8) is 0 Å². The molecule has 0 saturated heterocycles. The molecule has 0 radical (unpaired) electrons. The fourth-order valence-corrected chi connectivity index (χ4v) is 3.99. The molecule has 1 heterocycles. The Bertz CT molecular complexity index is 1040. The minimum Gasteiger partial charge on any atom is -0.489 e. The van der Waals surface area contributed by atoms with Crippen molar-refractivity contribution in [2.75, 3.05) is 26.2 Å². The van der Waals surface area contributed by atoms with Gasteiger partial charge >= 0.3 is 0 Å². The number of likely N-dealkylation sites (N-methyl/N-ethyl adjacent to an activating group) is 1. The fraction of sp³-hybridized carbons (Fsp3) is 0.409. The zero-order valence-corrected chi connectivity index (χ0v) is 18.8. The Hall–Kier alpha value is -1.99. The lowest BCUT2D eigenvalue weighted by Gasteiger charge is -2.18. The summed E-state index contributed by atoms with van der Waals surface area (Å²) in [7, 11) is 0. The first-order chi connectivity index (χ1) is 14.4. The van der Waals surface area contributed by atoms with E-state index in [0.717, 1.165) is 37.2 Å². The summed E-state index contributed by atoms with van der Waals surface area (Å²) in [6, 6.07) is 12.9. The van der Waals surface area contributed by atoms with Gasteiger partial charge < -0.3 is 23.9 Å². The van der Waals surface area contributed by atoms with Gasteiger partial charge in [-0.05, 0) is 43.4 Å². The molecule has 3 rings (SSSR count). The summed E-state index contributed by atoms with van der Waals surface area (Å²) in [5.74, 6) is 0.470. The SMILES string of the molecule is CCN(CC)CCn1c(=N)n(C[C@H](O)COc2ccc(Cl)cc2Cl)c2ccccc21. The molecule has 0 amide bonds. The molecule has 1 atom stereocenters. The van der Waals surface area contributed by atoms with E-state index < -0.39 is 6.10 Å². The lowest BCUT2D eigenvalue weighted by atomic mass is 10.3. The molecule has 2 aromatic carbocycles. The van der Waals surface area contributed by atoms with Crippen LogP contribution in [0.15, 0.2) is 42.5 Å². The first-order valence-corrected chi connectivity index (χ1v) is 10.9. The van der Waals surface area contributed by atoms with Crippen LogP contribution >= 0.6 is 23.2 Å². The summed E-state index contributed by atoms with van der Waals surface area (Å²) in [4.78, 5) is 2.33. The van der Waals surface area contributed by atoms with Gasteiger partial charge in [0.2, 0.25) is 5.62 Å². The molecular weight excluding hydrogens is 423 g/mol. The lowest BCUT2D eigenvalue weighted by Crippen LogP contribution is -2.34. The molecule has 3 aromatic rings. The lowest BCUT2D eigenvalue weighted by molar-refractivity contribution is 0.0921. The van der Waals surface area contributed by atoms with Gasteiger partial charge in [0.15, 0.2) is 0 Å². The van der Waals surface area contributed by atoms with E-state index in [1.165, 1.54) is 0 Å². The van der Waals surface area contributed by atoms with E-state index in [9.17, 15) is 5.11 Å². The summed E-state index contributed by atoms with van der Waals surface area (Å²) in [5.41, 5.74) is 2.28. The Labute approximate surface area is 186 Å². The Morgan fingerprint density at radius 1 is 1.07 bits per heavy atom. The van der Waals surface area contributed by atoms with E-state index in [1.54, 1.807) is 18.2 Å². The molecule has 30 heavy (non-hydrogen) atoms. The van der Waals surface area contributed by atoms with Crippen LogP contribution in [-0.2, 0) is 13.1 Å². The third-order valence-electron chi connectivity index (χ3n) is 5.23. The summed E-state index contributed by atoms with van der Waals surface area (Å²) in [6.45, 7) is 8.15. The van der Waals surface area contributed by atoms with E-state index in [1.807, 2.05) is 33.4 Å². The number of halogens is 2. The van der Waals surface area contributed by atoms with Gasteiger partial charge in [0.1, 0.15) is 18.5 Å². The number of fused-ring (bicyclic) bond motifs is 1.